The lowest BCUT2D eigenvalue weighted by atomic mass is 10.2. The van der Waals surface area contributed by atoms with Gasteiger partial charge >= 0.3 is 0 Å². The zero-order valence-corrected chi connectivity index (χ0v) is 10.7. The van der Waals surface area contributed by atoms with E-state index in [-0.39, 0.29) is 5.91 Å². The van der Waals surface area contributed by atoms with Crippen LogP contribution in [0.25, 0.3) is 0 Å². The monoisotopic (exact) mass is 291 g/mol. The highest BCUT2D eigenvalue weighted by atomic mass is 79.9. The van der Waals surface area contributed by atoms with Gasteiger partial charge in [0.2, 0.25) is 0 Å². The molecule has 2 rings (SSSR count). The maximum atomic E-state index is 11.8. The molecule has 86 valence electrons. The fourth-order valence-electron chi connectivity index (χ4n) is 1.35. The Labute approximate surface area is 107 Å². The first-order valence-electron chi connectivity index (χ1n) is 5.01. The highest BCUT2D eigenvalue weighted by Crippen LogP contribution is 2.20. The Bertz CT molecular complexity index is 543. The summed E-state index contributed by atoms with van der Waals surface area (Å²) in [6.45, 7) is 1.97. The highest BCUT2D eigenvalue weighted by molar-refractivity contribution is 9.10. The number of anilines is 1. The Morgan fingerprint density at radius 1 is 1.29 bits per heavy atom. The summed E-state index contributed by atoms with van der Waals surface area (Å²) in [6, 6.07) is 7.25. The summed E-state index contributed by atoms with van der Waals surface area (Å²) in [5.41, 5.74) is 2.31. The molecule has 1 aromatic heterocycles. The van der Waals surface area contributed by atoms with Crippen molar-refractivity contribution in [1.82, 2.24) is 10.2 Å². The van der Waals surface area contributed by atoms with Crippen molar-refractivity contribution in [2.75, 3.05) is 5.32 Å². The van der Waals surface area contributed by atoms with E-state index in [0.717, 1.165) is 15.7 Å². The predicted molar refractivity (Wildman–Crippen MR) is 68.9 cm³/mol. The van der Waals surface area contributed by atoms with Crippen molar-refractivity contribution in [3.8, 4) is 0 Å². The number of nitrogens with zero attached hydrogens (tertiary/aromatic N) is 2. The molecule has 0 bridgehead atoms. The van der Waals surface area contributed by atoms with E-state index in [1.807, 2.05) is 25.1 Å². The van der Waals surface area contributed by atoms with Gasteiger partial charge in [-0.05, 0) is 36.8 Å². The van der Waals surface area contributed by atoms with Crippen molar-refractivity contribution >= 4 is 27.5 Å². The zero-order chi connectivity index (χ0) is 12.3. The molecule has 0 atom stereocenters. The summed E-state index contributed by atoms with van der Waals surface area (Å²) < 4.78 is 1.01. The Balaban J connectivity index is 2.16. The number of halogens is 1. The summed E-state index contributed by atoms with van der Waals surface area (Å²) >= 11 is 3.41. The molecule has 0 radical (unpaired) electrons. The number of hydrogen-bond acceptors (Lipinski definition) is 3. The normalized spacial score (nSPS) is 10.0. The molecule has 2 aromatic rings. The van der Waals surface area contributed by atoms with E-state index in [4.69, 9.17) is 0 Å². The molecule has 0 fully saturated rings. The molecule has 0 aliphatic rings. The fraction of sp³-hybridized carbons (Fsp3) is 0.0833. The van der Waals surface area contributed by atoms with Crippen molar-refractivity contribution < 1.29 is 4.79 Å². The number of hydrogen-bond donors (Lipinski definition) is 1. The molecule has 0 saturated carbocycles. The summed E-state index contributed by atoms with van der Waals surface area (Å²) in [4.78, 5) is 11.8. The third kappa shape index (κ3) is 2.88. The third-order valence-corrected chi connectivity index (χ3v) is 3.15. The van der Waals surface area contributed by atoms with E-state index in [1.165, 1.54) is 12.4 Å². The maximum absolute atomic E-state index is 11.8. The second kappa shape index (κ2) is 5.05. The van der Waals surface area contributed by atoms with Gasteiger partial charge < -0.3 is 5.32 Å². The smallest absolute Gasteiger partial charge is 0.257 e. The summed E-state index contributed by atoms with van der Waals surface area (Å²) in [5, 5.41) is 10.1. The van der Waals surface area contributed by atoms with Crippen molar-refractivity contribution in [3.63, 3.8) is 0 Å². The van der Waals surface area contributed by atoms with Crippen LogP contribution in [0.2, 0.25) is 0 Å². The summed E-state index contributed by atoms with van der Waals surface area (Å²) in [7, 11) is 0. The second-order valence-electron chi connectivity index (χ2n) is 3.55. The third-order valence-electron chi connectivity index (χ3n) is 2.26. The van der Waals surface area contributed by atoms with Gasteiger partial charge in [-0.25, -0.2) is 0 Å². The minimum atomic E-state index is -0.193. The molecular weight excluding hydrogens is 282 g/mol. The van der Waals surface area contributed by atoms with E-state index < -0.39 is 0 Å². The largest absolute Gasteiger partial charge is 0.322 e. The quantitative estimate of drug-likeness (QED) is 0.926. The molecule has 1 N–H and O–H groups in total. The number of aryl methyl sites for hydroxylation is 1. The minimum absolute atomic E-state index is 0.193. The first-order chi connectivity index (χ1) is 8.16. The first-order valence-corrected chi connectivity index (χ1v) is 5.80. The van der Waals surface area contributed by atoms with Crippen LogP contribution < -0.4 is 5.32 Å². The van der Waals surface area contributed by atoms with E-state index in [0.29, 0.717) is 5.56 Å². The number of aromatic nitrogens is 2. The van der Waals surface area contributed by atoms with Crippen molar-refractivity contribution in [3.05, 3.63) is 52.3 Å². The maximum Gasteiger partial charge on any atom is 0.257 e. The number of nitrogens with one attached hydrogen (secondary N) is 1. The van der Waals surface area contributed by atoms with Crippen LogP contribution in [0.5, 0.6) is 0 Å². The molecule has 0 aliphatic carbocycles. The SMILES string of the molecule is Cc1cc(NC(=O)c2ccnnc2)ccc1Br. The van der Waals surface area contributed by atoms with Gasteiger partial charge in [0.15, 0.2) is 0 Å². The number of benzene rings is 1. The van der Waals surface area contributed by atoms with E-state index in [1.54, 1.807) is 6.07 Å². The van der Waals surface area contributed by atoms with Crippen LogP contribution in [0.1, 0.15) is 15.9 Å². The zero-order valence-electron chi connectivity index (χ0n) is 9.14. The van der Waals surface area contributed by atoms with E-state index in [2.05, 4.69) is 31.4 Å². The van der Waals surface area contributed by atoms with Crippen LogP contribution in [0, 0.1) is 6.92 Å². The molecule has 17 heavy (non-hydrogen) atoms. The molecule has 0 unspecified atom stereocenters. The Kier molecular flexibility index (Phi) is 3.49. The molecule has 4 nitrogen and oxygen atoms in total. The molecule has 1 amide bonds. The fourth-order valence-corrected chi connectivity index (χ4v) is 1.60. The average Bonchev–Trinajstić information content (AvgIpc) is 2.35. The van der Waals surface area contributed by atoms with Gasteiger partial charge in [-0.3, -0.25) is 4.79 Å². The molecule has 0 aliphatic heterocycles. The number of carbonyl (C=O) groups is 1. The Hall–Kier alpha value is -1.75. The molecule has 1 aromatic carbocycles. The number of amides is 1. The number of carbonyl (C=O) groups excluding carboxylic acids is 1. The highest BCUT2D eigenvalue weighted by Gasteiger charge is 2.06. The van der Waals surface area contributed by atoms with Gasteiger partial charge in [0.1, 0.15) is 0 Å². The van der Waals surface area contributed by atoms with Gasteiger partial charge in [0, 0.05) is 10.2 Å². The molecule has 1 heterocycles. The van der Waals surface area contributed by atoms with Gasteiger partial charge in [-0.15, -0.1) is 0 Å². The van der Waals surface area contributed by atoms with Crippen LogP contribution in [0.4, 0.5) is 5.69 Å². The lowest BCUT2D eigenvalue weighted by molar-refractivity contribution is 0.102. The van der Waals surface area contributed by atoms with E-state index in [9.17, 15) is 4.79 Å². The van der Waals surface area contributed by atoms with Crippen LogP contribution in [-0.4, -0.2) is 16.1 Å². The van der Waals surface area contributed by atoms with Gasteiger partial charge in [-0.1, -0.05) is 15.9 Å². The van der Waals surface area contributed by atoms with Gasteiger partial charge in [-0.2, -0.15) is 10.2 Å². The van der Waals surface area contributed by atoms with Crippen LogP contribution in [-0.2, 0) is 0 Å². The van der Waals surface area contributed by atoms with Gasteiger partial charge in [0.05, 0.1) is 18.0 Å². The second-order valence-corrected chi connectivity index (χ2v) is 4.40. The molecule has 5 heteroatoms. The van der Waals surface area contributed by atoms with Gasteiger partial charge in [0.25, 0.3) is 5.91 Å². The molecule has 0 spiro atoms. The Morgan fingerprint density at radius 2 is 2.12 bits per heavy atom. The van der Waals surface area contributed by atoms with Crippen LogP contribution in [0.15, 0.2) is 41.1 Å². The van der Waals surface area contributed by atoms with E-state index >= 15 is 0 Å². The molecular formula is C12H10BrN3O. The van der Waals surface area contributed by atoms with Crippen LogP contribution in [0.3, 0.4) is 0 Å². The topological polar surface area (TPSA) is 54.9 Å². The lowest BCUT2D eigenvalue weighted by Crippen LogP contribution is -2.12. The summed E-state index contributed by atoms with van der Waals surface area (Å²) in [6.07, 6.45) is 2.92. The predicted octanol–water partition coefficient (Wildman–Crippen LogP) is 2.80. The van der Waals surface area contributed by atoms with Crippen molar-refractivity contribution in [2.45, 2.75) is 6.92 Å². The van der Waals surface area contributed by atoms with Crippen LogP contribution >= 0.6 is 15.9 Å². The first kappa shape index (κ1) is 11.7. The standard InChI is InChI=1S/C12H10BrN3O/c1-8-6-10(2-3-11(8)13)16-12(17)9-4-5-14-15-7-9/h2-7H,1H3,(H,16,17). The number of rotatable bonds is 2. The average molecular weight is 292 g/mol. The minimum Gasteiger partial charge on any atom is -0.322 e. The van der Waals surface area contributed by atoms with Crippen molar-refractivity contribution in [1.29, 1.82) is 0 Å². The Morgan fingerprint density at radius 3 is 2.76 bits per heavy atom. The summed E-state index contributed by atoms with van der Waals surface area (Å²) in [5.74, 6) is -0.193. The lowest BCUT2D eigenvalue weighted by Gasteiger charge is -2.06. The van der Waals surface area contributed by atoms with Crippen molar-refractivity contribution in [2.24, 2.45) is 0 Å². The molecule has 0 saturated heterocycles.